The second-order valence-corrected chi connectivity index (χ2v) is 10.8. The van der Waals surface area contributed by atoms with Crippen molar-refractivity contribution in [3.63, 3.8) is 0 Å². The third-order valence-corrected chi connectivity index (χ3v) is 7.16. The van der Waals surface area contributed by atoms with Gasteiger partial charge in [0.05, 0.1) is 17.7 Å². The van der Waals surface area contributed by atoms with Crippen molar-refractivity contribution in [1.82, 2.24) is 0 Å². The molecule has 0 aliphatic rings. The van der Waals surface area contributed by atoms with Gasteiger partial charge in [-0.2, -0.15) is 0 Å². The van der Waals surface area contributed by atoms with Gasteiger partial charge in [-0.15, -0.1) is 12.8 Å². The van der Waals surface area contributed by atoms with E-state index in [4.69, 9.17) is 14.2 Å². The van der Waals surface area contributed by atoms with Gasteiger partial charge in [0.15, 0.2) is 0 Å². The summed E-state index contributed by atoms with van der Waals surface area (Å²) in [7, 11) is 0. The van der Waals surface area contributed by atoms with Crippen LogP contribution in [-0.2, 0) is 22.4 Å². The quantitative estimate of drug-likeness (QED) is 0.0590. The second kappa shape index (κ2) is 19.2. The first kappa shape index (κ1) is 34.4. The maximum atomic E-state index is 14.5. The second-order valence-electron chi connectivity index (χ2n) is 10.8. The largest absolute Gasteiger partial charge is 0.462 e. The van der Waals surface area contributed by atoms with E-state index in [0.29, 0.717) is 36.5 Å². The van der Waals surface area contributed by atoms with Crippen molar-refractivity contribution < 1.29 is 33.0 Å². The number of carbonyl (C=O) groups excluding carboxylic acids is 3. The topological polar surface area (TPSA) is 78.9 Å². The van der Waals surface area contributed by atoms with Crippen molar-refractivity contribution in [1.29, 1.82) is 0 Å². The Kier molecular flexibility index (Phi) is 15.0. The Morgan fingerprint density at radius 1 is 0.727 bits per heavy atom. The highest BCUT2D eigenvalue weighted by molar-refractivity contribution is 5.91. The van der Waals surface area contributed by atoms with E-state index in [0.717, 1.165) is 75.3 Å². The molecule has 0 amide bonds. The molecular weight excluding hydrogens is 559 g/mol. The molecule has 0 aliphatic carbocycles. The summed E-state index contributed by atoms with van der Waals surface area (Å²) in [5.41, 5.74) is 2.27. The number of rotatable bonds is 19. The maximum absolute atomic E-state index is 14.5. The van der Waals surface area contributed by atoms with Gasteiger partial charge in [-0.3, -0.25) is 4.79 Å². The van der Waals surface area contributed by atoms with Gasteiger partial charge in [-0.25, -0.2) is 14.0 Å². The lowest BCUT2D eigenvalue weighted by atomic mass is 10.0. The Morgan fingerprint density at radius 2 is 1.39 bits per heavy atom. The van der Waals surface area contributed by atoms with Crippen LogP contribution in [0, 0.1) is 19.2 Å². The molecule has 0 saturated heterocycles. The normalized spacial score (nSPS) is 10.8. The number of halogens is 1. The average Bonchev–Trinajstić information content (AvgIpc) is 3.02. The van der Waals surface area contributed by atoms with Crippen LogP contribution in [0.5, 0.6) is 11.5 Å². The third-order valence-electron chi connectivity index (χ3n) is 7.16. The third kappa shape index (κ3) is 12.2. The molecule has 0 unspecified atom stereocenters. The van der Waals surface area contributed by atoms with Crippen LogP contribution in [0.3, 0.4) is 0 Å². The molecule has 0 spiro atoms. The molecule has 3 aromatic rings. The lowest BCUT2D eigenvalue weighted by Gasteiger charge is -2.08. The number of ether oxygens (including phenoxy) is 3. The fraction of sp³-hybridized carbons (Fsp3) is 0.378. The highest BCUT2D eigenvalue weighted by Crippen LogP contribution is 2.19. The molecule has 0 bridgehead atoms. The van der Waals surface area contributed by atoms with E-state index in [-0.39, 0.29) is 11.5 Å². The minimum Gasteiger partial charge on any atom is -0.462 e. The number of hydrogen-bond donors (Lipinski definition) is 0. The smallest absolute Gasteiger partial charge is 0.343 e. The lowest BCUT2D eigenvalue weighted by molar-refractivity contribution is -0.134. The Morgan fingerprint density at radius 3 is 2.07 bits per heavy atom. The fourth-order valence-corrected chi connectivity index (χ4v) is 4.60. The van der Waals surface area contributed by atoms with Gasteiger partial charge in [0, 0.05) is 6.42 Å². The Labute approximate surface area is 260 Å². The van der Waals surface area contributed by atoms with Crippen molar-refractivity contribution in [3.05, 3.63) is 108 Å². The Hall–Kier alpha value is -4.13. The first-order valence-electron chi connectivity index (χ1n) is 15.6. The number of carbonyl (C=O) groups is 3. The van der Waals surface area contributed by atoms with Gasteiger partial charge in [0.2, 0.25) is 0 Å². The zero-order valence-electron chi connectivity index (χ0n) is 25.7. The van der Waals surface area contributed by atoms with E-state index in [1.54, 1.807) is 42.5 Å². The highest BCUT2D eigenvalue weighted by atomic mass is 19.1. The van der Waals surface area contributed by atoms with Crippen molar-refractivity contribution >= 4 is 17.9 Å². The van der Waals surface area contributed by atoms with E-state index in [1.807, 2.05) is 18.6 Å². The SMILES string of the molecule is [CH2+][CH-]CCCCCC(=O)Oc1ccc(C(=O)Oc2ccc(CCCCc3ccc(C(=O)OCCCCC)c(F)c3)cc2)cc1. The molecule has 0 aliphatic heterocycles. The number of aryl methyl sites for hydroxylation is 2. The zero-order valence-corrected chi connectivity index (χ0v) is 25.7. The highest BCUT2D eigenvalue weighted by Gasteiger charge is 2.14. The van der Waals surface area contributed by atoms with E-state index >= 15 is 0 Å². The molecule has 7 heteroatoms. The van der Waals surface area contributed by atoms with Crippen LogP contribution in [0.15, 0.2) is 66.7 Å². The Bertz CT molecular complexity index is 1320. The average molecular weight is 603 g/mol. The van der Waals surface area contributed by atoms with E-state index in [9.17, 15) is 18.8 Å². The van der Waals surface area contributed by atoms with Crippen molar-refractivity contribution in [2.45, 2.75) is 84.0 Å². The molecular formula is C37H43FO6. The summed E-state index contributed by atoms with van der Waals surface area (Å²) >= 11 is 0. The van der Waals surface area contributed by atoms with Crippen molar-refractivity contribution in [3.8, 4) is 11.5 Å². The molecule has 0 atom stereocenters. The summed E-state index contributed by atoms with van der Waals surface area (Å²) in [6.45, 7) is 6.06. The van der Waals surface area contributed by atoms with Crippen LogP contribution >= 0.6 is 0 Å². The molecule has 3 rings (SSSR count). The minimum absolute atomic E-state index is 0.0231. The predicted octanol–water partition coefficient (Wildman–Crippen LogP) is 8.85. The zero-order chi connectivity index (χ0) is 31.6. The monoisotopic (exact) mass is 602 g/mol. The Balaban J connectivity index is 1.37. The van der Waals surface area contributed by atoms with E-state index in [1.165, 1.54) is 12.1 Å². The molecule has 0 radical (unpaired) electrons. The molecule has 0 saturated carbocycles. The molecule has 0 heterocycles. The molecule has 0 aromatic heterocycles. The van der Waals surface area contributed by atoms with Gasteiger partial charge in [0.1, 0.15) is 17.3 Å². The number of esters is 3. The van der Waals surface area contributed by atoms with Crippen LogP contribution in [0.25, 0.3) is 0 Å². The van der Waals surface area contributed by atoms with Crippen molar-refractivity contribution in [2.75, 3.05) is 6.61 Å². The summed E-state index contributed by atoms with van der Waals surface area (Å²) in [6.07, 6.45) is 12.0. The number of benzene rings is 3. The van der Waals surface area contributed by atoms with Crippen molar-refractivity contribution in [2.24, 2.45) is 0 Å². The molecule has 44 heavy (non-hydrogen) atoms. The molecule has 6 nitrogen and oxygen atoms in total. The number of hydrogen-bond acceptors (Lipinski definition) is 6. The van der Waals surface area contributed by atoms with Gasteiger partial charge >= 0.3 is 17.9 Å². The standard InChI is InChI=1S/C37H43FO6/c1-3-5-7-8-9-15-35(39)43-31-23-19-30(20-24-31)36(40)44-32-21-16-28(17-22-32)13-10-11-14-29-18-25-33(34(38)27-29)37(41)42-26-12-6-4-2/h3,16-25,27H,1,4-15,26H2,2H3. The molecule has 3 aromatic carbocycles. The summed E-state index contributed by atoms with van der Waals surface area (Å²) in [6, 6.07) is 18.4. The van der Waals surface area contributed by atoms with Gasteiger partial charge in [0.25, 0.3) is 0 Å². The summed E-state index contributed by atoms with van der Waals surface area (Å²) in [5.74, 6) is -1.13. The van der Waals surface area contributed by atoms with E-state index in [2.05, 4.69) is 13.8 Å². The first-order valence-corrected chi connectivity index (χ1v) is 15.6. The minimum atomic E-state index is -0.614. The summed E-state index contributed by atoms with van der Waals surface area (Å²) < 4.78 is 30.5. The maximum Gasteiger partial charge on any atom is 0.343 e. The van der Waals surface area contributed by atoms with E-state index < -0.39 is 17.8 Å². The first-order chi connectivity index (χ1) is 21.4. The molecule has 0 N–H and O–H groups in total. The molecule has 0 fully saturated rings. The van der Waals surface area contributed by atoms with Crippen LogP contribution < -0.4 is 9.47 Å². The molecule has 234 valence electrons. The van der Waals surface area contributed by atoms with Crippen LogP contribution in [0.2, 0.25) is 0 Å². The van der Waals surface area contributed by atoms with Gasteiger partial charge in [-0.1, -0.05) is 57.7 Å². The van der Waals surface area contributed by atoms with Crippen LogP contribution in [-0.4, -0.2) is 24.5 Å². The summed E-state index contributed by atoms with van der Waals surface area (Å²) in [4.78, 5) is 36.7. The van der Waals surface area contributed by atoms with Crippen LogP contribution in [0.1, 0.15) is 103 Å². The lowest BCUT2D eigenvalue weighted by Crippen LogP contribution is -2.10. The fourth-order valence-electron chi connectivity index (χ4n) is 4.60. The van der Waals surface area contributed by atoms with Gasteiger partial charge in [-0.05, 0) is 98.2 Å². The summed E-state index contributed by atoms with van der Waals surface area (Å²) in [5, 5.41) is 0. The number of unbranched alkanes of at least 4 members (excludes halogenated alkanes) is 7. The predicted molar refractivity (Wildman–Crippen MR) is 169 cm³/mol. The van der Waals surface area contributed by atoms with Crippen LogP contribution in [0.4, 0.5) is 4.39 Å². The van der Waals surface area contributed by atoms with Gasteiger partial charge < -0.3 is 14.2 Å².